The van der Waals surface area contributed by atoms with Gasteiger partial charge in [0, 0.05) is 30.7 Å². The summed E-state index contributed by atoms with van der Waals surface area (Å²) in [6.07, 6.45) is 1.14. The van der Waals surface area contributed by atoms with Crippen molar-refractivity contribution in [3.8, 4) is 5.75 Å². The van der Waals surface area contributed by atoms with E-state index in [4.69, 9.17) is 16.3 Å². The van der Waals surface area contributed by atoms with Crippen molar-refractivity contribution in [1.82, 2.24) is 10.2 Å². The third kappa shape index (κ3) is 7.06. The van der Waals surface area contributed by atoms with Crippen LogP contribution in [0.1, 0.15) is 18.9 Å². The molecule has 11 nitrogen and oxygen atoms in total. The lowest BCUT2D eigenvalue weighted by atomic mass is 10.1. The van der Waals surface area contributed by atoms with E-state index in [2.05, 4.69) is 5.32 Å². The van der Waals surface area contributed by atoms with Gasteiger partial charge >= 0.3 is 0 Å². The first-order valence-electron chi connectivity index (χ1n) is 10.5. The second-order valence-corrected chi connectivity index (χ2v) is 9.91. The molecule has 0 aromatic heterocycles. The highest BCUT2D eigenvalue weighted by Crippen LogP contribution is 2.34. The van der Waals surface area contributed by atoms with Crippen molar-refractivity contribution >= 4 is 44.8 Å². The number of non-ortho nitro benzene ring substituents is 1. The minimum atomic E-state index is -4.09. The lowest BCUT2D eigenvalue weighted by Gasteiger charge is -2.32. The van der Waals surface area contributed by atoms with Crippen LogP contribution in [0.5, 0.6) is 5.75 Å². The largest absolute Gasteiger partial charge is 0.495 e. The number of halogens is 1. The standard InChI is InChI=1S/C22H27ClN4O7S/c1-5-18(22(29)24-2)25(13-15-6-8-16(23)9-7-15)21(28)14-26(35(4,32)33)19-12-17(27(30)31)10-11-20(19)34-3/h6-12,18H,5,13-14H2,1-4H3,(H,24,29)/t18-/m0/s1. The number of rotatable bonds is 11. The van der Waals surface area contributed by atoms with Crippen molar-refractivity contribution in [1.29, 1.82) is 0 Å². The van der Waals surface area contributed by atoms with Gasteiger partial charge in [-0.05, 0) is 30.2 Å². The molecule has 2 aromatic rings. The molecule has 13 heteroatoms. The van der Waals surface area contributed by atoms with E-state index in [1.165, 1.54) is 25.1 Å². The van der Waals surface area contributed by atoms with Crippen molar-refractivity contribution < 1.29 is 27.7 Å². The Bertz CT molecular complexity index is 1190. The summed E-state index contributed by atoms with van der Waals surface area (Å²) in [5.41, 5.74) is 0.123. The lowest BCUT2D eigenvalue weighted by molar-refractivity contribution is -0.384. The fourth-order valence-corrected chi connectivity index (χ4v) is 4.43. The fraction of sp³-hybridized carbons (Fsp3) is 0.364. The molecule has 1 atom stereocenters. The van der Waals surface area contributed by atoms with Crippen molar-refractivity contribution in [2.24, 2.45) is 0 Å². The second kappa shape index (κ2) is 11.8. The predicted molar refractivity (Wildman–Crippen MR) is 132 cm³/mol. The molecule has 0 aliphatic carbocycles. The number of sulfonamides is 1. The highest BCUT2D eigenvalue weighted by atomic mass is 35.5. The van der Waals surface area contributed by atoms with Gasteiger partial charge in [-0.2, -0.15) is 0 Å². The molecule has 0 aliphatic rings. The zero-order valence-electron chi connectivity index (χ0n) is 19.7. The number of carbonyl (C=O) groups is 2. The Morgan fingerprint density at radius 1 is 1.20 bits per heavy atom. The van der Waals surface area contributed by atoms with Crippen LogP contribution in [0.2, 0.25) is 5.02 Å². The van der Waals surface area contributed by atoms with Gasteiger partial charge in [-0.1, -0.05) is 30.7 Å². The second-order valence-electron chi connectivity index (χ2n) is 7.57. The molecule has 1 N–H and O–H groups in total. The SMILES string of the molecule is CC[C@@H](C(=O)NC)N(Cc1ccc(Cl)cc1)C(=O)CN(c1cc([N+](=O)[O-])ccc1OC)S(C)(=O)=O. The number of hydrogen-bond donors (Lipinski definition) is 1. The first kappa shape index (κ1) is 27.9. The molecule has 2 aromatic carbocycles. The Balaban J connectivity index is 2.54. The van der Waals surface area contributed by atoms with Crippen LogP contribution in [-0.2, 0) is 26.2 Å². The van der Waals surface area contributed by atoms with Crippen LogP contribution in [0.25, 0.3) is 0 Å². The fourth-order valence-electron chi connectivity index (χ4n) is 3.45. The Kier molecular flexibility index (Phi) is 9.43. The summed E-state index contributed by atoms with van der Waals surface area (Å²) < 4.78 is 31.3. The van der Waals surface area contributed by atoms with E-state index >= 15 is 0 Å². The maximum Gasteiger partial charge on any atom is 0.271 e. The molecule has 190 valence electrons. The average molecular weight is 527 g/mol. The quantitative estimate of drug-likeness (QED) is 0.350. The number of nitro groups is 1. The maximum absolute atomic E-state index is 13.5. The Hall–Kier alpha value is -3.38. The lowest BCUT2D eigenvalue weighted by Crippen LogP contribution is -2.51. The summed E-state index contributed by atoms with van der Waals surface area (Å²) in [5, 5.41) is 14.3. The molecule has 0 saturated carbocycles. The summed E-state index contributed by atoms with van der Waals surface area (Å²) in [4.78, 5) is 37.9. The van der Waals surface area contributed by atoms with Crippen LogP contribution >= 0.6 is 11.6 Å². The molecule has 0 unspecified atom stereocenters. The summed E-state index contributed by atoms with van der Waals surface area (Å²) >= 11 is 5.95. The number of amides is 2. The molecule has 0 radical (unpaired) electrons. The molecule has 0 bridgehead atoms. The molecular formula is C22H27ClN4O7S. The minimum Gasteiger partial charge on any atom is -0.495 e. The molecule has 0 spiro atoms. The summed E-state index contributed by atoms with van der Waals surface area (Å²) in [6, 6.07) is 9.20. The number of nitrogens with one attached hydrogen (secondary N) is 1. The van der Waals surface area contributed by atoms with Gasteiger partial charge in [-0.3, -0.25) is 24.0 Å². The smallest absolute Gasteiger partial charge is 0.271 e. The van der Waals surface area contributed by atoms with Gasteiger partial charge in [0.05, 0.1) is 18.3 Å². The third-order valence-electron chi connectivity index (χ3n) is 5.22. The summed E-state index contributed by atoms with van der Waals surface area (Å²) in [5.74, 6) is -1.08. The number of likely N-dealkylation sites (N-methyl/N-ethyl adjacent to an activating group) is 1. The van der Waals surface area contributed by atoms with E-state index in [1.54, 1.807) is 31.2 Å². The number of methoxy groups -OCH3 is 1. The van der Waals surface area contributed by atoms with Crippen molar-refractivity contribution in [3.63, 3.8) is 0 Å². The predicted octanol–water partition coefficient (Wildman–Crippen LogP) is 2.58. The molecule has 0 heterocycles. The normalized spacial score (nSPS) is 11.9. The highest BCUT2D eigenvalue weighted by Gasteiger charge is 2.32. The van der Waals surface area contributed by atoms with Crippen molar-refractivity contribution in [2.75, 3.05) is 31.3 Å². The monoisotopic (exact) mass is 526 g/mol. The van der Waals surface area contributed by atoms with Crippen LogP contribution in [0.15, 0.2) is 42.5 Å². The number of carbonyl (C=O) groups excluding carboxylic acids is 2. The molecule has 0 saturated heterocycles. The maximum atomic E-state index is 13.5. The van der Waals surface area contributed by atoms with E-state index in [-0.39, 0.29) is 30.1 Å². The summed E-state index contributed by atoms with van der Waals surface area (Å²) in [7, 11) is -1.38. The van der Waals surface area contributed by atoms with Crippen LogP contribution in [0.3, 0.4) is 0 Å². The molecule has 0 aliphatic heterocycles. The number of nitrogens with zero attached hydrogens (tertiary/aromatic N) is 3. The van der Waals surface area contributed by atoms with Gasteiger partial charge < -0.3 is 15.0 Å². The Morgan fingerprint density at radius 2 is 1.83 bits per heavy atom. The molecule has 35 heavy (non-hydrogen) atoms. The number of ether oxygens (including phenoxy) is 1. The first-order valence-corrected chi connectivity index (χ1v) is 12.7. The van der Waals surface area contributed by atoms with Crippen LogP contribution < -0.4 is 14.4 Å². The Labute approximate surface area is 208 Å². The van der Waals surface area contributed by atoms with Crippen LogP contribution in [-0.4, -0.2) is 63.1 Å². The highest BCUT2D eigenvalue weighted by molar-refractivity contribution is 7.92. The van der Waals surface area contributed by atoms with Crippen LogP contribution in [0, 0.1) is 10.1 Å². The number of benzene rings is 2. The summed E-state index contributed by atoms with van der Waals surface area (Å²) in [6.45, 7) is 1.02. The van der Waals surface area contributed by atoms with Gasteiger partial charge in [0.2, 0.25) is 21.8 Å². The average Bonchev–Trinajstić information content (AvgIpc) is 2.82. The van der Waals surface area contributed by atoms with E-state index in [0.717, 1.165) is 22.7 Å². The van der Waals surface area contributed by atoms with E-state index in [1.807, 2.05) is 0 Å². The zero-order valence-corrected chi connectivity index (χ0v) is 21.3. The van der Waals surface area contributed by atoms with E-state index in [9.17, 15) is 28.1 Å². The molecule has 2 amide bonds. The number of anilines is 1. The zero-order chi connectivity index (χ0) is 26.3. The Morgan fingerprint density at radius 3 is 2.31 bits per heavy atom. The van der Waals surface area contributed by atoms with Crippen molar-refractivity contribution in [2.45, 2.75) is 25.9 Å². The third-order valence-corrected chi connectivity index (χ3v) is 6.60. The minimum absolute atomic E-state index is 0.00556. The van der Waals surface area contributed by atoms with Gasteiger partial charge in [0.25, 0.3) is 5.69 Å². The number of nitro benzene ring substituents is 1. The van der Waals surface area contributed by atoms with Gasteiger partial charge in [-0.15, -0.1) is 0 Å². The van der Waals surface area contributed by atoms with Crippen LogP contribution in [0.4, 0.5) is 11.4 Å². The van der Waals surface area contributed by atoms with Gasteiger partial charge in [0.1, 0.15) is 24.0 Å². The van der Waals surface area contributed by atoms with E-state index < -0.39 is 39.3 Å². The van der Waals surface area contributed by atoms with Gasteiger partial charge in [0.15, 0.2) is 0 Å². The van der Waals surface area contributed by atoms with E-state index in [0.29, 0.717) is 10.6 Å². The molecular weight excluding hydrogens is 500 g/mol. The van der Waals surface area contributed by atoms with Gasteiger partial charge in [-0.25, -0.2) is 8.42 Å². The number of hydrogen-bond acceptors (Lipinski definition) is 7. The molecule has 2 rings (SSSR count). The topological polar surface area (TPSA) is 139 Å². The first-order chi connectivity index (χ1) is 16.4. The van der Waals surface area contributed by atoms with Crippen molar-refractivity contribution in [3.05, 3.63) is 63.2 Å². The molecule has 0 fully saturated rings.